The zero-order valence-electron chi connectivity index (χ0n) is 59.9. The number of ether oxygens (including phenoxy) is 2. The van der Waals surface area contributed by atoms with Crippen LogP contribution in [0.15, 0.2) is 48.6 Å². The van der Waals surface area contributed by atoms with Crippen molar-refractivity contribution in [3.8, 4) is 0 Å². The molecule has 0 rings (SSSR count). The summed E-state index contributed by atoms with van der Waals surface area (Å²) in [5, 5.41) is 0. The van der Waals surface area contributed by atoms with E-state index >= 15 is 0 Å². The molecule has 0 amide bonds. The van der Waals surface area contributed by atoms with Crippen LogP contribution in [-0.2, 0) is 32.7 Å². The lowest BCUT2D eigenvalue weighted by atomic mass is 10.0. The first-order chi connectivity index (χ1) is 44.3. The molecule has 0 bridgehead atoms. The lowest BCUT2D eigenvalue weighted by Crippen LogP contribution is -2.29. The quantitative estimate of drug-likeness (QED) is 0.0264. The van der Waals surface area contributed by atoms with Crippen LogP contribution in [-0.4, -0.2) is 49.3 Å². The van der Waals surface area contributed by atoms with Gasteiger partial charge in [-0.2, -0.15) is 0 Å². The molecular weight excluding hydrogens is 1130 g/mol. The van der Waals surface area contributed by atoms with Crippen molar-refractivity contribution in [3.63, 3.8) is 0 Å². The third-order valence-electron chi connectivity index (χ3n) is 18.0. The molecule has 0 aliphatic heterocycles. The summed E-state index contributed by atoms with van der Waals surface area (Å²) in [6.07, 6.45) is 98.3. The number of carbonyl (C=O) groups excluding carboxylic acids is 2. The van der Waals surface area contributed by atoms with Gasteiger partial charge in [-0.1, -0.05) is 403 Å². The Bertz CT molecular complexity index is 1620. The average Bonchev–Trinajstić information content (AvgIpc) is 3.58. The van der Waals surface area contributed by atoms with Gasteiger partial charge in [0.05, 0.1) is 13.2 Å². The summed E-state index contributed by atoms with van der Waals surface area (Å²) in [6.45, 7) is 3.72. The number of hydrogen-bond acceptors (Lipinski definition) is 8. The minimum Gasteiger partial charge on any atom is -0.462 e. The highest BCUT2D eigenvalue weighted by Gasteiger charge is 2.26. The predicted molar refractivity (Wildman–Crippen MR) is 390 cm³/mol. The maximum Gasteiger partial charge on any atom is 0.472 e. The third kappa shape index (κ3) is 75.0. The van der Waals surface area contributed by atoms with Crippen LogP contribution >= 0.6 is 7.82 Å². The fourth-order valence-corrected chi connectivity index (χ4v) is 12.9. The number of esters is 2. The molecule has 0 aromatic heterocycles. The molecule has 2 unspecified atom stereocenters. The Hall–Kier alpha value is -2.03. The van der Waals surface area contributed by atoms with Gasteiger partial charge in [-0.3, -0.25) is 18.6 Å². The summed E-state index contributed by atoms with van der Waals surface area (Å²) in [4.78, 5) is 35.5. The number of phosphoric ester groups is 1. The minimum absolute atomic E-state index is 0.0560. The van der Waals surface area contributed by atoms with E-state index in [0.717, 1.165) is 57.8 Å². The summed E-state index contributed by atoms with van der Waals surface area (Å²) in [7, 11) is -4.39. The number of phosphoric acid groups is 1. The highest BCUT2D eigenvalue weighted by atomic mass is 31.2. The molecule has 0 aliphatic carbocycles. The molecule has 0 aromatic carbocycles. The first kappa shape index (κ1) is 88.0. The van der Waals surface area contributed by atoms with E-state index in [4.69, 9.17) is 24.3 Å². The molecular formula is C80H152NO8P. The minimum atomic E-state index is -4.39. The van der Waals surface area contributed by atoms with Crippen LogP contribution in [0.25, 0.3) is 0 Å². The first-order valence-electron chi connectivity index (χ1n) is 39.6. The number of carbonyl (C=O) groups is 2. The topological polar surface area (TPSA) is 134 Å². The van der Waals surface area contributed by atoms with E-state index in [1.165, 1.54) is 327 Å². The van der Waals surface area contributed by atoms with Crippen LogP contribution in [0.1, 0.15) is 418 Å². The monoisotopic (exact) mass is 1290 g/mol. The maximum absolute atomic E-state index is 12.8. The van der Waals surface area contributed by atoms with Gasteiger partial charge in [0.25, 0.3) is 0 Å². The number of allylic oxidation sites excluding steroid dienone is 8. The predicted octanol–water partition coefficient (Wildman–Crippen LogP) is 26.4. The number of hydrogen-bond donors (Lipinski definition) is 2. The molecule has 0 heterocycles. The second-order valence-electron chi connectivity index (χ2n) is 26.9. The second kappa shape index (κ2) is 76.0. The number of unbranched alkanes of at least 4 members (excludes halogenated alkanes) is 55. The summed E-state index contributed by atoms with van der Waals surface area (Å²) < 4.78 is 33.3. The highest BCUT2D eigenvalue weighted by molar-refractivity contribution is 7.47. The Balaban J connectivity index is 3.75. The number of rotatable bonds is 76. The van der Waals surface area contributed by atoms with Gasteiger partial charge in [0, 0.05) is 19.4 Å². The van der Waals surface area contributed by atoms with Crippen molar-refractivity contribution in [2.24, 2.45) is 5.73 Å². The Morgan fingerprint density at radius 2 is 0.611 bits per heavy atom. The molecule has 0 aliphatic rings. The largest absolute Gasteiger partial charge is 0.472 e. The summed E-state index contributed by atoms with van der Waals surface area (Å²) in [5.74, 6) is -0.802. The van der Waals surface area contributed by atoms with E-state index in [9.17, 15) is 19.0 Å². The standard InChI is InChI=1S/C80H152NO8P/c1-3-5-7-9-11-13-15-17-19-21-23-25-27-29-31-33-35-37-38-39-41-42-44-46-48-50-52-54-56-58-60-62-64-66-68-70-72-79(82)86-76-78(77-88-90(84,85)87-75-74-81)89-80(83)73-71-69-67-65-63-61-59-57-55-53-51-49-47-45-43-40-36-34-32-30-28-26-24-22-20-18-16-14-12-10-8-6-4-2/h6,8,12,14,18,20,24,26,78H,3-5,7,9-11,13,15-17,19,21-23,25,27-77,81H2,1-2H3,(H,84,85)/b8-6-,14-12-,20-18-,26-24-. The van der Waals surface area contributed by atoms with Gasteiger partial charge >= 0.3 is 19.8 Å². The fourth-order valence-electron chi connectivity index (χ4n) is 12.2. The van der Waals surface area contributed by atoms with Gasteiger partial charge in [-0.15, -0.1) is 0 Å². The molecule has 2 atom stereocenters. The lowest BCUT2D eigenvalue weighted by Gasteiger charge is -2.19. The summed E-state index contributed by atoms with van der Waals surface area (Å²) >= 11 is 0. The van der Waals surface area contributed by atoms with Crippen molar-refractivity contribution in [2.75, 3.05) is 26.4 Å². The first-order valence-corrected chi connectivity index (χ1v) is 41.1. The van der Waals surface area contributed by atoms with Crippen molar-refractivity contribution < 1.29 is 37.6 Å². The van der Waals surface area contributed by atoms with E-state index in [2.05, 4.69) is 62.5 Å². The van der Waals surface area contributed by atoms with E-state index < -0.39 is 26.5 Å². The van der Waals surface area contributed by atoms with E-state index in [-0.39, 0.29) is 38.6 Å². The molecule has 530 valence electrons. The maximum atomic E-state index is 12.8. The zero-order valence-corrected chi connectivity index (χ0v) is 60.8. The molecule has 10 heteroatoms. The van der Waals surface area contributed by atoms with Gasteiger partial charge in [0.2, 0.25) is 0 Å². The molecule has 0 spiro atoms. The van der Waals surface area contributed by atoms with Crippen LogP contribution in [0, 0.1) is 0 Å². The smallest absolute Gasteiger partial charge is 0.462 e. The lowest BCUT2D eigenvalue weighted by molar-refractivity contribution is -0.161. The molecule has 3 N–H and O–H groups in total. The van der Waals surface area contributed by atoms with Crippen LogP contribution in [0.3, 0.4) is 0 Å². The molecule has 9 nitrogen and oxygen atoms in total. The van der Waals surface area contributed by atoms with Crippen LogP contribution in [0.2, 0.25) is 0 Å². The zero-order chi connectivity index (χ0) is 65.1. The van der Waals surface area contributed by atoms with Gasteiger partial charge in [0.1, 0.15) is 6.61 Å². The van der Waals surface area contributed by atoms with Gasteiger partial charge < -0.3 is 20.1 Å². The fraction of sp³-hybridized carbons (Fsp3) is 0.875. The van der Waals surface area contributed by atoms with Gasteiger partial charge in [-0.05, 0) is 51.4 Å². The molecule has 0 saturated carbocycles. The average molecular weight is 1290 g/mol. The third-order valence-corrected chi connectivity index (χ3v) is 19.0. The Kier molecular flexibility index (Phi) is 74.3. The van der Waals surface area contributed by atoms with Crippen LogP contribution in [0.4, 0.5) is 0 Å². The Morgan fingerprint density at radius 3 is 0.911 bits per heavy atom. The SMILES string of the molecule is CC/C=C\C/C=C\C/C=C\C/C=C\CCCCCCCCCCCCCCCCCCCCCCC(=O)OC(COC(=O)CCCCCCCCCCCCCCCCCCCCCCCCCCCCCCCCCCCCCC)COP(=O)(O)OCCN. The summed E-state index contributed by atoms with van der Waals surface area (Å²) in [5.41, 5.74) is 5.41. The highest BCUT2D eigenvalue weighted by Crippen LogP contribution is 2.43. The molecule has 0 radical (unpaired) electrons. The van der Waals surface area contributed by atoms with Crippen LogP contribution < -0.4 is 5.73 Å². The van der Waals surface area contributed by atoms with Gasteiger partial charge in [0.15, 0.2) is 6.10 Å². The molecule has 0 saturated heterocycles. The van der Waals surface area contributed by atoms with Crippen molar-refractivity contribution in [1.29, 1.82) is 0 Å². The van der Waals surface area contributed by atoms with Crippen molar-refractivity contribution >= 4 is 19.8 Å². The van der Waals surface area contributed by atoms with E-state index in [1.54, 1.807) is 0 Å². The van der Waals surface area contributed by atoms with Gasteiger partial charge in [-0.25, -0.2) is 4.57 Å². The van der Waals surface area contributed by atoms with Crippen molar-refractivity contribution in [2.45, 2.75) is 424 Å². The van der Waals surface area contributed by atoms with Crippen LogP contribution in [0.5, 0.6) is 0 Å². The molecule has 0 aromatic rings. The molecule has 0 fully saturated rings. The van der Waals surface area contributed by atoms with Crippen molar-refractivity contribution in [1.82, 2.24) is 0 Å². The van der Waals surface area contributed by atoms with E-state index in [0.29, 0.717) is 6.42 Å². The Labute approximate surface area is 559 Å². The second-order valence-corrected chi connectivity index (χ2v) is 28.4. The molecule has 90 heavy (non-hydrogen) atoms. The van der Waals surface area contributed by atoms with Crippen molar-refractivity contribution in [3.05, 3.63) is 48.6 Å². The summed E-state index contributed by atoms with van der Waals surface area (Å²) in [6, 6.07) is 0. The normalized spacial score (nSPS) is 13.1. The van der Waals surface area contributed by atoms with E-state index in [1.807, 2.05) is 0 Å². The Morgan fingerprint density at radius 1 is 0.344 bits per heavy atom. The number of nitrogens with two attached hydrogens (primary N) is 1.